The van der Waals surface area contributed by atoms with Crippen LogP contribution in [-0.4, -0.2) is 21.7 Å². The zero-order valence-corrected chi connectivity index (χ0v) is 14.2. The van der Waals surface area contributed by atoms with Crippen molar-refractivity contribution in [1.29, 1.82) is 0 Å². The van der Waals surface area contributed by atoms with Crippen molar-refractivity contribution in [3.63, 3.8) is 0 Å². The lowest BCUT2D eigenvalue weighted by Gasteiger charge is -2.47. The highest BCUT2D eigenvalue weighted by Crippen LogP contribution is 2.49. The molecule has 1 aliphatic carbocycles. The fourth-order valence-electron chi connectivity index (χ4n) is 3.85. The number of para-hydroxylation sites is 1. The maximum atomic E-state index is 10.0. The van der Waals surface area contributed by atoms with Gasteiger partial charge in [0, 0.05) is 42.0 Å². The van der Waals surface area contributed by atoms with E-state index in [0.717, 1.165) is 35.9 Å². The fourth-order valence-corrected chi connectivity index (χ4v) is 3.85. The Morgan fingerprint density at radius 2 is 1.92 bits per heavy atom. The largest absolute Gasteiger partial charge is 0.396 e. The molecule has 0 radical (unpaired) electrons. The summed E-state index contributed by atoms with van der Waals surface area (Å²) in [5, 5.41) is 14.9. The molecule has 1 fully saturated rings. The lowest BCUT2D eigenvalue weighted by Crippen LogP contribution is -2.45. The van der Waals surface area contributed by atoms with E-state index in [-0.39, 0.29) is 18.1 Å². The SMILES string of the molecule is OCC1(C(NCc2cnc3ccccc3c2)c2ccncc2)CCC1. The van der Waals surface area contributed by atoms with Crippen LogP contribution in [0.25, 0.3) is 10.9 Å². The molecule has 128 valence electrons. The van der Waals surface area contributed by atoms with E-state index in [1.54, 1.807) is 0 Å². The number of hydrogen-bond donors (Lipinski definition) is 2. The van der Waals surface area contributed by atoms with Crippen LogP contribution in [0.15, 0.2) is 61.1 Å². The van der Waals surface area contributed by atoms with Crippen LogP contribution in [-0.2, 0) is 6.54 Å². The lowest BCUT2D eigenvalue weighted by atomic mass is 9.63. The molecule has 1 saturated carbocycles. The molecule has 3 aromatic rings. The molecule has 2 aromatic heterocycles. The first kappa shape index (κ1) is 16.2. The Hall–Kier alpha value is -2.30. The van der Waals surface area contributed by atoms with Crippen LogP contribution < -0.4 is 5.32 Å². The number of hydrogen-bond acceptors (Lipinski definition) is 4. The monoisotopic (exact) mass is 333 g/mol. The number of aliphatic hydroxyl groups is 1. The topological polar surface area (TPSA) is 58.0 Å². The van der Waals surface area contributed by atoms with Crippen molar-refractivity contribution in [3.8, 4) is 0 Å². The van der Waals surface area contributed by atoms with Gasteiger partial charge in [-0.2, -0.15) is 0 Å². The Bertz CT molecular complexity index is 840. The van der Waals surface area contributed by atoms with Crippen molar-refractivity contribution in [2.75, 3.05) is 6.61 Å². The third-order valence-electron chi connectivity index (χ3n) is 5.47. The van der Waals surface area contributed by atoms with E-state index in [2.05, 4.69) is 27.4 Å². The van der Waals surface area contributed by atoms with Gasteiger partial charge in [-0.25, -0.2) is 0 Å². The van der Waals surface area contributed by atoms with E-state index >= 15 is 0 Å². The number of benzene rings is 1. The standard InChI is InChI=1S/C21H23N3O/c25-15-21(8-3-9-21)20(17-6-10-22-11-7-17)24-14-16-12-18-4-1-2-5-19(18)23-13-16/h1-2,4-7,10-13,20,24-25H,3,8-9,14-15H2. The summed E-state index contributed by atoms with van der Waals surface area (Å²) in [4.78, 5) is 8.68. The van der Waals surface area contributed by atoms with Gasteiger partial charge in [0.05, 0.1) is 12.1 Å². The molecule has 25 heavy (non-hydrogen) atoms. The number of aliphatic hydroxyl groups excluding tert-OH is 1. The van der Waals surface area contributed by atoms with E-state index < -0.39 is 0 Å². The van der Waals surface area contributed by atoms with Gasteiger partial charge >= 0.3 is 0 Å². The highest BCUT2D eigenvalue weighted by Gasteiger charge is 2.44. The smallest absolute Gasteiger partial charge is 0.0702 e. The maximum absolute atomic E-state index is 10.0. The highest BCUT2D eigenvalue weighted by molar-refractivity contribution is 5.78. The first-order valence-electron chi connectivity index (χ1n) is 8.89. The molecule has 1 unspecified atom stereocenters. The molecule has 0 saturated heterocycles. The molecule has 1 atom stereocenters. The van der Waals surface area contributed by atoms with E-state index in [1.165, 1.54) is 12.0 Å². The maximum Gasteiger partial charge on any atom is 0.0702 e. The van der Waals surface area contributed by atoms with Gasteiger partial charge < -0.3 is 10.4 Å². The van der Waals surface area contributed by atoms with Gasteiger partial charge in [0.2, 0.25) is 0 Å². The van der Waals surface area contributed by atoms with Crippen molar-refractivity contribution in [3.05, 3.63) is 72.2 Å². The Balaban J connectivity index is 1.58. The molecule has 4 rings (SSSR count). The predicted molar refractivity (Wildman–Crippen MR) is 98.9 cm³/mol. The van der Waals surface area contributed by atoms with Gasteiger partial charge in [0.1, 0.15) is 0 Å². The Morgan fingerprint density at radius 3 is 2.64 bits per heavy atom. The second-order valence-electron chi connectivity index (χ2n) is 7.00. The van der Waals surface area contributed by atoms with E-state index in [9.17, 15) is 5.11 Å². The van der Waals surface area contributed by atoms with Crippen molar-refractivity contribution < 1.29 is 5.11 Å². The Kier molecular flexibility index (Phi) is 4.47. The summed E-state index contributed by atoms with van der Waals surface area (Å²) >= 11 is 0. The molecule has 2 N–H and O–H groups in total. The van der Waals surface area contributed by atoms with Crippen molar-refractivity contribution >= 4 is 10.9 Å². The third-order valence-corrected chi connectivity index (χ3v) is 5.47. The van der Waals surface area contributed by atoms with Crippen LogP contribution in [0.4, 0.5) is 0 Å². The third kappa shape index (κ3) is 3.15. The average molecular weight is 333 g/mol. The summed E-state index contributed by atoms with van der Waals surface area (Å²) in [7, 11) is 0. The summed E-state index contributed by atoms with van der Waals surface area (Å²) in [6, 6.07) is 14.6. The van der Waals surface area contributed by atoms with E-state index in [1.807, 2.05) is 48.9 Å². The van der Waals surface area contributed by atoms with Crippen LogP contribution in [0.5, 0.6) is 0 Å². The molecule has 0 spiro atoms. The summed E-state index contributed by atoms with van der Waals surface area (Å²) in [5.74, 6) is 0. The minimum Gasteiger partial charge on any atom is -0.396 e. The van der Waals surface area contributed by atoms with Crippen LogP contribution in [0, 0.1) is 5.41 Å². The molecule has 0 aliphatic heterocycles. The number of rotatable bonds is 6. The van der Waals surface area contributed by atoms with Crippen molar-refractivity contribution in [1.82, 2.24) is 15.3 Å². The zero-order valence-electron chi connectivity index (χ0n) is 14.2. The number of nitrogens with zero attached hydrogens (tertiary/aromatic N) is 2. The molecule has 0 amide bonds. The highest BCUT2D eigenvalue weighted by atomic mass is 16.3. The first-order valence-corrected chi connectivity index (χ1v) is 8.89. The van der Waals surface area contributed by atoms with Crippen molar-refractivity contribution in [2.45, 2.75) is 31.8 Å². The fraction of sp³-hybridized carbons (Fsp3) is 0.333. The summed E-state index contributed by atoms with van der Waals surface area (Å²) in [5.41, 5.74) is 3.30. The summed E-state index contributed by atoms with van der Waals surface area (Å²) in [6.45, 7) is 0.940. The van der Waals surface area contributed by atoms with Gasteiger partial charge in [-0.3, -0.25) is 9.97 Å². The zero-order chi connectivity index (χ0) is 17.1. The molecular formula is C21H23N3O. The predicted octanol–water partition coefficient (Wildman–Crippen LogP) is 3.62. The van der Waals surface area contributed by atoms with E-state index in [4.69, 9.17) is 0 Å². The molecule has 4 nitrogen and oxygen atoms in total. The summed E-state index contributed by atoms with van der Waals surface area (Å²) in [6.07, 6.45) is 8.88. The van der Waals surface area contributed by atoms with Crippen LogP contribution >= 0.6 is 0 Å². The van der Waals surface area contributed by atoms with Gasteiger partial charge in [-0.1, -0.05) is 24.6 Å². The van der Waals surface area contributed by atoms with Gasteiger partial charge in [-0.15, -0.1) is 0 Å². The number of pyridine rings is 2. The number of aromatic nitrogens is 2. The van der Waals surface area contributed by atoms with Crippen LogP contribution in [0.3, 0.4) is 0 Å². The first-order chi connectivity index (χ1) is 12.3. The van der Waals surface area contributed by atoms with Crippen LogP contribution in [0.2, 0.25) is 0 Å². The minimum atomic E-state index is -0.0639. The normalized spacial score (nSPS) is 17.2. The van der Waals surface area contributed by atoms with Gasteiger partial charge in [0.25, 0.3) is 0 Å². The second kappa shape index (κ2) is 6.90. The minimum absolute atomic E-state index is 0.0639. The number of fused-ring (bicyclic) bond motifs is 1. The number of nitrogens with one attached hydrogen (secondary N) is 1. The molecule has 1 aromatic carbocycles. The Labute approximate surface area is 148 Å². The van der Waals surface area contributed by atoms with Crippen LogP contribution in [0.1, 0.15) is 36.4 Å². The molecule has 0 bridgehead atoms. The average Bonchev–Trinajstić information content (AvgIpc) is 2.64. The van der Waals surface area contributed by atoms with Gasteiger partial charge in [0.15, 0.2) is 0 Å². The quantitative estimate of drug-likeness (QED) is 0.723. The summed E-state index contributed by atoms with van der Waals surface area (Å²) < 4.78 is 0. The van der Waals surface area contributed by atoms with E-state index in [0.29, 0.717) is 0 Å². The second-order valence-corrected chi connectivity index (χ2v) is 7.00. The molecule has 4 heteroatoms. The van der Waals surface area contributed by atoms with Crippen molar-refractivity contribution in [2.24, 2.45) is 5.41 Å². The lowest BCUT2D eigenvalue weighted by molar-refractivity contribution is 0.00456. The van der Waals surface area contributed by atoms with Gasteiger partial charge in [-0.05, 0) is 48.2 Å². The molecule has 2 heterocycles. The molecular weight excluding hydrogens is 310 g/mol. The Morgan fingerprint density at radius 1 is 1.12 bits per heavy atom. The molecule has 1 aliphatic rings.